The lowest BCUT2D eigenvalue weighted by Gasteiger charge is -2.19. The molecule has 0 saturated carbocycles. The van der Waals surface area contributed by atoms with Gasteiger partial charge in [0, 0.05) is 6.04 Å². The topological polar surface area (TPSA) is 12.0 Å². The maximum atomic E-state index is 3.99. The van der Waals surface area contributed by atoms with Crippen molar-refractivity contribution in [3.05, 3.63) is 47.5 Å². The SMILES string of the molecule is C=C(C)CCC(NCCC)c1cccc(C)c1. The first kappa shape index (κ1) is 14.0. The van der Waals surface area contributed by atoms with Crippen LogP contribution in [0.15, 0.2) is 36.4 Å². The van der Waals surface area contributed by atoms with Crippen LogP contribution in [0.1, 0.15) is 50.3 Å². The molecule has 0 spiro atoms. The van der Waals surface area contributed by atoms with Crippen LogP contribution < -0.4 is 5.32 Å². The van der Waals surface area contributed by atoms with Gasteiger partial charge in [0.2, 0.25) is 0 Å². The Morgan fingerprint density at radius 2 is 2.18 bits per heavy atom. The van der Waals surface area contributed by atoms with E-state index in [1.807, 2.05) is 0 Å². The fourth-order valence-corrected chi connectivity index (χ4v) is 1.98. The zero-order chi connectivity index (χ0) is 12.7. The van der Waals surface area contributed by atoms with Crippen LogP contribution >= 0.6 is 0 Å². The first-order valence-corrected chi connectivity index (χ1v) is 6.57. The third-order valence-electron chi connectivity index (χ3n) is 2.95. The van der Waals surface area contributed by atoms with Gasteiger partial charge in [-0.25, -0.2) is 0 Å². The summed E-state index contributed by atoms with van der Waals surface area (Å²) in [5.41, 5.74) is 4.00. The number of benzene rings is 1. The number of hydrogen-bond acceptors (Lipinski definition) is 1. The van der Waals surface area contributed by atoms with Gasteiger partial charge in [-0.1, -0.05) is 42.3 Å². The summed E-state index contributed by atoms with van der Waals surface area (Å²) < 4.78 is 0. The maximum absolute atomic E-state index is 3.99. The number of rotatable bonds is 7. The first-order valence-electron chi connectivity index (χ1n) is 6.57. The Kier molecular flexibility index (Phi) is 5.99. The van der Waals surface area contributed by atoms with Gasteiger partial charge in [-0.15, -0.1) is 6.58 Å². The van der Waals surface area contributed by atoms with E-state index < -0.39 is 0 Å². The van der Waals surface area contributed by atoms with Crippen molar-refractivity contribution in [2.24, 2.45) is 0 Å². The van der Waals surface area contributed by atoms with Crippen molar-refractivity contribution in [3.63, 3.8) is 0 Å². The van der Waals surface area contributed by atoms with E-state index in [9.17, 15) is 0 Å². The monoisotopic (exact) mass is 231 g/mol. The molecule has 1 aromatic carbocycles. The van der Waals surface area contributed by atoms with Gasteiger partial charge < -0.3 is 5.32 Å². The molecule has 0 amide bonds. The quantitative estimate of drug-likeness (QED) is 0.686. The molecule has 0 saturated heterocycles. The van der Waals surface area contributed by atoms with Gasteiger partial charge in [0.15, 0.2) is 0 Å². The van der Waals surface area contributed by atoms with E-state index in [4.69, 9.17) is 0 Å². The van der Waals surface area contributed by atoms with Crippen molar-refractivity contribution < 1.29 is 0 Å². The summed E-state index contributed by atoms with van der Waals surface area (Å²) in [6.07, 6.45) is 3.41. The highest BCUT2D eigenvalue weighted by atomic mass is 14.9. The molecule has 1 nitrogen and oxygen atoms in total. The molecular formula is C16H25N. The van der Waals surface area contributed by atoms with Gasteiger partial charge >= 0.3 is 0 Å². The van der Waals surface area contributed by atoms with E-state index >= 15 is 0 Å². The van der Waals surface area contributed by atoms with E-state index in [0.29, 0.717) is 6.04 Å². The molecule has 1 rings (SSSR count). The van der Waals surface area contributed by atoms with Crippen LogP contribution in [0.3, 0.4) is 0 Å². The van der Waals surface area contributed by atoms with Crippen LogP contribution in [0.4, 0.5) is 0 Å². The lowest BCUT2D eigenvalue weighted by molar-refractivity contribution is 0.498. The van der Waals surface area contributed by atoms with E-state index in [1.54, 1.807) is 0 Å². The molecule has 0 aliphatic carbocycles. The molecule has 0 radical (unpaired) electrons. The predicted molar refractivity (Wildman–Crippen MR) is 76.3 cm³/mol. The summed E-state index contributed by atoms with van der Waals surface area (Å²) in [5, 5.41) is 3.63. The third-order valence-corrected chi connectivity index (χ3v) is 2.95. The van der Waals surface area contributed by atoms with Gasteiger partial charge in [0.25, 0.3) is 0 Å². The second-order valence-electron chi connectivity index (χ2n) is 4.92. The average Bonchev–Trinajstić information content (AvgIpc) is 2.29. The Morgan fingerprint density at radius 1 is 1.41 bits per heavy atom. The minimum absolute atomic E-state index is 0.464. The van der Waals surface area contributed by atoms with Crippen molar-refractivity contribution in [2.75, 3.05) is 6.54 Å². The van der Waals surface area contributed by atoms with Gasteiger partial charge in [-0.2, -0.15) is 0 Å². The van der Waals surface area contributed by atoms with Crippen LogP contribution in [0.25, 0.3) is 0 Å². The van der Waals surface area contributed by atoms with Crippen molar-refractivity contribution >= 4 is 0 Å². The third kappa shape index (κ3) is 5.18. The second kappa shape index (κ2) is 7.29. The maximum Gasteiger partial charge on any atom is 0.0323 e. The van der Waals surface area contributed by atoms with Crippen molar-refractivity contribution in [1.82, 2.24) is 5.32 Å². The summed E-state index contributed by atoms with van der Waals surface area (Å²) >= 11 is 0. The minimum Gasteiger partial charge on any atom is -0.310 e. The van der Waals surface area contributed by atoms with Crippen LogP contribution in [-0.2, 0) is 0 Å². The number of nitrogens with one attached hydrogen (secondary N) is 1. The molecule has 1 aromatic rings. The number of hydrogen-bond donors (Lipinski definition) is 1. The molecular weight excluding hydrogens is 206 g/mol. The summed E-state index contributed by atoms with van der Waals surface area (Å²) in [4.78, 5) is 0. The van der Waals surface area contributed by atoms with E-state index in [-0.39, 0.29) is 0 Å². The van der Waals surface area contributed by atoms with Crippen LogP contribution in [-0.4, -0.2) is 6.54 Å². The molecule has 1 heteroatoms. The summed E-state index contributed by atoms with van der Waals surface area (Å²) in [6.45, 7) is 11.5. The fraction of sp³-hybridized carbons (Fsp3) is 0.500. The Bertz CT molecular complexity index is 354. The molecule has 17 heavy (non-hydrogen) atoms. The van der Waals surface area contributed by atoms with Crippen LogP contribution in [0, 0.1) is 6.92 Å². The normalized spacial score (nSPS) is 12.4. The van der Waals surface area contributed by atoms with Crippen molar-refractivity contribution in [1.29, 1.82) is 0 Å². The molecule has 1 N–H and O–H groups in total. The molecule has 1 unspecified atom stereocenters. The lowest BCUT2D eigenvalue weighted by atomic mass is 9.98. The van der Waals surface area contributed by atoms with E-state index in [2.05, 4.69) is 56.9 Å². The zero-order valence-corrected chi connectivity index (χ0v) is 11.4. The largest absolute Gasteiger partial charge is 0.310 e. The second-order valence-corrected chi connectivity index (χ2v) is 4.92. The van der Waals surface area contributed by atoms with E-state index in [1.165, 1.54) is 23.1 Å². The van der Waals surface area contributed by atoms with Gasteiger partial charge in [0.05, 0.1) is 0 Å². The Labute approximate surface area is 106 Å². The smallest absolute Gasteiger partial charge is 0.0323 e. The highest BCUT2D eigenvalue weighted by Gasteiger charge is 2.10. The number of aryl methyl sites for hydroxylation is 1. The first-order chi connectivity index (χ1) is 8.13. The van der Waals surface area contributed by atoms with Gasteiger partial charge in [-0.3, -0.25) is 0 Å². The minimum atomic E-state index is 0.464. The predicted octanol–water partition coefficient (Wildman–Crippen LogP) is 4.39. The Hall–Kier alpha value is -1.08. The number of allylic oxidation sites excluding steroid dienone is 1. The van der Waals surface area contributed by atoms with Crippen molar-refractivity contribution in [3.8, 4) is 0 Å². The standard InChI is InChI=1S/C16H25N/c1-5-11-17-16(10-9-13(2)3)15-8-6-7-14(4)12-15/h6-8,12,16-17H,2,5,9-11H2,1,3-4H3. The zero-order valence-electron chi connectivity index (χ0n) is 11.4. The summed E-state index contributed by atoms with van der Waals surface area (Å²) in [5.74, 6) is 0. The average molecular weight is 231 g/mol. The Morgan fingerprint density at radius 3 is 2.76 bits per heavy atom. The molecule has 0 aliphatic rings. The molecule has 94 valence electrons. The van der Waals surface area contributed by atoms with Gasteiger partial charge in [-0.05, 0) is 45.2 Å². The van der Waals surface area contributed by atoms with Crippen molar-refractivity contribution in [2.45, 2.75) is 46.1 Å². The molecule has 0 fully saturated rings. The molecule has 0 aliphatic heterocycles. The lowest BCUT2D eigenvalue weighted by Crippen LogP contribution is -2.22. The molecule has 0 aromatic heterocycles. The molecule has 1 atom stereocenters. The van der Waals surface area contributed by atoms with E-state index in [0.717, 1.165) is 19.4 Å². The molecule has 0 heterocycles. The highest BCUT2D eigenvalue weighted by Crippen LogP contribution is 2.21. The van der Waals surface area contributed by atoms with Crippen LogP contribution in [0.2, 0.25) is 0 Å². The summed E-state index contributed by atoms with van der Waals surface area (Å²) in [6, 6.07) is 9.27. The highest BCUT2D eigenvalue weighted by molar-refractivity contribution is 5.25. The Balaban J connectivity index is 2.70. The molecule has 0 bridgehead atoms. The summed E-state index contributed by atoms with van der Waals surface area (Å²) in [7, 11) is 0. The van der Waals surface area contributed by atoms with Crippen LogP contribution in [0.5, 0.6) is 0 Å². The van der Waals surface area contributed by atoms with Gasteiger partial charge in [0.1, 0.15) is 0 Å². The fourth-order valence-electron chi connectivity index (χ4n) is 1.98.